The molecule has 0 atom stereocenters. The molecule has 0 saturated heterocycles. The number of anilines is 1. The van der Waals surface area contributed by atoms with E-state index in [9.17, 15) is 4.79 Å². The number of thiophene rings is 1. The molecule has 0 bridgehead atoms. The average Bonchev–Trinajstić information content (AvgIpc) is 2.83. The second-order valence-electron chi connectivity index (χ2n) is 3.37. The first-order chi connectivity index (χ1) is 8.25. The minimum atomic E-state index is -1.07. The molecule has 0 unspecified atom stereocenters. The number of aromatic nitrogens is 2. The maximum Gasteiger partial charge on any atom is 0.356 e. The normalized spacial score (nSPS) is 10.1. The second-order valence-corrected chi connectivity index (χ2v) is 4.40. The van der Waals surface area contributed by atoms with E-state index in [2.05, 4.69) is 21.6 Å². The third kappa shape index (κ3) is 3.25. The molecule has 2 aromatic heterocycles. The molecule has 88 valence electrons. The molecule has 0 fully saturated rings. The zero-order valence-electron chi connectivity index (χ0n) is 8.96. The van der Waals surface area contributed by atoms with Crippen molar-refractivity contribution in [3.8, 4) is 0 Å². The summed E-state index contributed by atoms with van der Waals surface area (Å²) in [6, 6.07) is 7.14. The number of carbonyl (C=O) groups is 1. The van der Waals surface area contributed by atoms with Crippen LogP contribution in [0.15, 0.2) is 29.6 Å². The van der Waals surface area contributed by atoms with E-state index in [1.807, 2.05) is 11.4 Å². The molecule has 0 aliphatic rings. The van der Waals surface area contributed by atoms with Crippen molar-refractivity contribution in [3.63, 3.8) is 0 Å². The van der Waals surface area contributed by atoms with Crippen LogP contribution in [0, 0.1) is 0 Å². The number of carboxylic acid groups (broad SMARTS) is 1. The molecule has 2 N–H and O–H groups in total. The largest absolute Gasteiger partial charge is 0.476 e. The number of nitrogens with zero attached hydrogens (tertiary/aromatic N) is 2. The van der Waals surface area contributed by atoms with E-state index in [1.54, 1.807) is 17.4 Å². The van der Waals surface area contributed by atoms with E-state index in [-0.39, 0.29) is 5.69 Å². The fourth-order valence-electron chi connectivity index (χ4n) is 1.31. The SMILES string of the molecule is O=C(O)c1ccc(NCCc2cccs2)nn1. The molecular formula is C11H11N3O2S. The molecule has 0 amide bonds. The Morgan fingerprint density at radius 2 is 2.24 bits per heavy atom. The number of aromatic carboxylic acids is 1. The van der Waals surface area contributed by atoms with Gasteiger partial charge in [0.05, 0.1) is 0 Å². The predicted octanol–water partition coefficient (Wildman–Crippen LogP) is 1.89. The standard InChI is InChI=1S/C11H11N3O2S/c15-11(16)9-3-4-10(14-13-9)12-6-5-8-2-1-7-17-8/h1-4,7H,5-6H2,(H,12,14)(H,15,16). The molecule has 0 saturated carbocycles. The van der Waals surface area contributed by atoms with Crippen LogP contribution >= 0.6 is 11.3 Å². The van der Waals surface area contributed by atoms with Crippen LogP contribution in [0.3, 0.4) is 0 Å². The number of rotatable bonds is 5. The maximum absolute atomic E-state index is 10.6. The summed E-state index contributed by atoms with van der Waals surface area (Å²) in [7, 11) is 0. The van der Waals surface area contributed by atoms with E-state index in [0.29, 0.717) is 5.82 Å². The lowest BCUT2D eigenvalue weighted by Gasteiger charge is -2.03. The summed E-state index contributed by atoms with van der Waals surface area (Å²) in [6.45, 7) is 0.752. The lowest BCUT2D eigenvalue weighted by molar-refractivity contribution is 0.0689. The first kappa shape index (κ1) is 11.5. The van der Waals surface area contributed by atoms with Crippen molar-refractivity contribution in [2.45, 2.75) is 6.42 Å². The number of hydrogen-bond donors (Lipinski definition) is 2. The number of nitrogens with one attached hydrogen (secondary N) is 1. The Labute approximate surface area is 102 Å². The van der Waals surface area contributed by atoms with Gasteiger partial charge < -0.3 is 10.4 Å². The Morgan fingerprint density at radius 1 is 1.35 bits per heavy atom. The van der Waals surface area contributed by atoms with Gasteiger partial charge in [-0.25, -0.2) is 4.79 Å². The second kappa shape index (κ2) is 5.40. The van der Waals surface area contributed by atoms with Gasteiger partial charge >= 0.3 is 5.97 Å². The Morgan fingerprint density at radius 3 is 2.82 bits per heavy atom. The van der Waals surface area contributed by atoms with Gasteiger partial charge in [-0.05, 0) is 30.0 Å². The molecule has 0 aliphatic heterocycles. The van der Waals surface area contributed by atoms with Gasteiger partial charge in [0, 0.05) is 11.4 Å². The molecule has 0 spiro atoms. The van der Waals surface area contributed by atoms with Crippen molar-refractivity contribution in [2.24, 2.45) is 0 Å². The zero-order chi connectivity index (χ0) is 12.1. The van der Waals surface area contributed by atoms with Crippen molar-refractivity contribution in [3.05, 3.63) is 40.2 Å². The highest BCUT2D eigenvalue weighted by Crippen LogP contribution is 2.09. The number of carboxylic acids is 1. The van der Waals surface area contributed by atoms with Gasteiger partial charge in [-0.15, -0.1) is 21.5 Å². The lowest BCUT2D eigenvalue weighted by Crippen LogP contribution is -2.08. The van der Waals surface area contributed by atoms with Gasteiger partial charge in [0.1, 0.15) is 5.82 Å². The lowest BCUT2D eigenvalue weighted by atomic mass is 10.3. The average molecular weight is 249 g/mol. The quantitative estimate of drug-likeness (QED) is 0.846. The Balaban J connectivity index is 1.85. The Kier molecular flexibility index (Phi) is 3.66. The highest BCUT2D eigenvalue weighted by Gasteiger charge is 2.04. The van der Waals surface area contributed by atoms with Gasteiger partial charge in [0.25, 0.3) is 0 Å². The van der Waals surface area contributed by atoms with E-state index in [4.69, 9.17) is 5.11 Å². The van der Waals surface area contributed by atoms with Crippen LogP contribution in [0.1, 0.15) is 15.4 Å². The Hall–Kier alpha value is -1.95. The Bertz CT molecular complexity index is 482. The zero-order valence-corrected chi connectivity index (χ0v) is 9.78. The summed E-state index contributed by atoms with van der Waals surface area (Å²) in [4.78, 5) is 11.9. The highest BCUT2D eigenvalue weighted by molar-refractivity contribution is 7.09. The summed E-state index contributed by atoms with van der Waals surface area (Å²) in [5, 5.41) is 21.1. The fourth-order valence-corrected chi connectivity index (χ4v) is 2.02. The van der Waals surface area contributed by atoms with Gasteiger partial charge in [0.2, 0.25) is 0 Å². The summed E-state index contributed by atoms with van der Waals surface area (Å²) in [6.07, 6.45) is 0.917. The van der Waals surface area contributed by atoms with E-state index < -0.39 is 5.97 Å². The molecule has 0 aromatic carbocycles. The topological polar surface area (TPSA) is 75.1 Å². The predicted molar refractivity (Wildman–Crippen MR) is 65.5 cm³/mol. The van der Waals surface area contributed by atoms with E-state index in [0.717, 1.165) is 13.0 Å². The molecule has 0 aliphatic carbocycles. The molecule has 2 heterocycles. The van der Waals surface area contributed by atoms with Crippen LogP contribution in [-0.4, -0.2) is 27.8 Å². The fraction of sp³-hybridized carbons (Fsp3) is 0.182. The minimum Gasteiger partial charge on any atom is -0.476 e. The third-order valence-corrected chi connectivity index (χ3v) is 3.08. The molecular weight excluding hydrogens is 238 g/mol. The van der Waals surface area contributed by atoms with Gasteiger partial charge in [-0.2, -0.15) is 0 Å². The summed E-state index contributed by atoms with van der Waals surface area (Å²) in [5.74, 6) is -0.478. The molecule has 6 heteroatoms. The molecule has 0 radical (unpaired) electrons. The van der Waals surface area contributed by atoms with Crippen LogP contribution in [0.2, 0.25) is 0 Å². The van der Waals surface area contributed by atoms with Crippen LogP contribution in [0.5, 0.6) is 0 Å². The van der Waals surface area contributed by atoms with Crippen molar-refractivity contribution >= 4 is 23.1 Å². The monoisotopic (exact) mass is 249 g/mol. The first-order valence-corrected chi connectivity index (χ1v) is 5.97. The maximum atomic E-state index is 10.6. The van der Waals surface area contributed by atoms with Crippen molar-refractivity contribution in [1.82, 2.24) is 10.2 Å². The van der Waals surface area contributed by atoms with Crippen molar-refractivity contribution < 1.29 is 9.90 Å². The minimum absolute atomic E-state index is 0.0474. The van der Waals surface area contributed by atoms with Crippen molar-refractivity contribution in [1.29, 1.82) is 0 Å². The third-order valence-electron chi connectivity index (χ3n) is 2.14. The first-order valence-electron chi connectivity index (χ1n) is 5.09. The van der Waals surface area contributed by atoms with Crippen LogP contribution in [0.25, 0.3) is 0 Å². The molecule has 5 nitrogen and oxygen atoms in total. The van der Waals surface area contributed by atoms with Crippen LogP contribution in [-0.2, 0) is 6.42 Å². The van der Waals surface area contributed by atoms with Crippen molar-refractivity contribution in [2.75, 3.05) is 11.9 Å². The van der Waals surface area contributed by atoms with Gasteiger partial charge in [-0.1, -0.05) is 6.07 Å². The van der Waals surface area contributed by atoms with Gasteiger partial charge in [0.15, 0.2) is 5.69 Å². The smallest absolute Gasteiger partial charge is 0.356 e. The number of hydrogen-bond acceptors (Lipinski definition) is 5. The van der Waals surface area contributed by atoms with Crippen LogP contribution < -0.4 is 5.32 Å². The molecule has 2 aromatic rings. The molecule has 2 rings (SSSR count). The summed E-state index contributed by atoms with van der Waals surface area (Å²) < 4.78 is 0. The summed E-state index contributed by atoms with van der Waals surface area (Å²) >= 11 is 1.71. The van der Waals surface area contributed by atoms with Crippen LogP contribution in [0.4, 0.5) is 5.82 Å². The van der Waals surface area contributed by atoms with Gasteiger partial charge in [-0.3, -0.25) is 0 Å². The summed E-state index contributed by atoms with van der Waals surface area (Å²) in [5.41, 5.74) is -0.0474. The van der Waals surface area contributed by atoms with E-state index in [1.165, 1.54) is 10.9 Å². The van der Waals surface area contributed by atoms with E-state index >= 15 is 0 Å². The molecule has 17 heavy (non-hydrogen) atoms. The highest BCUT2D eigenvalue weighted by atomic mass is 32.1.